The van der Waals surface area contributed by atoms with Crippen LogP contribution in [0, 0.1) is 13.8 Å². The first kappa shape index (κ1) is 19.3. The van der Waals surface area contributed by atoms with E-state index in [0.717, 1.165) is 24.4 Å². The van der Waals surface area contributed by atoms with Gasteiger partial charge in [0.05, 0.1) is 5.56 Å². The Morgan fingerprint density at radius 2 is 2.00 bits per heavy atom. The molecular formula is C18H21BrN2O4. The number of ether oxygens (including phenoxy) is 2. The van der Waals surface area contributed by atoms with Crippen LogP contribution >= 0.6 is 15.9 Å². The highest BCUT2D eigenvalue weighted by Crippen LogP contribution is 2.17. The van der Waals surface area contributed by atoms with Gasteiger partial charge in [-0.15, -0.1) is 0 Å². The summed E-state index contributed by atoms with van der Waals surface area (Å²) in [5.41, 5.74) is 2.75. The second kappa shape index (κ2) is 8.92. The molecule has 0 spiro atoms. The maximum absolute atomic E-state index is 12.4. The zero-order valence-corrected chi connectivity index (χ0v) is 16.1. The SMILES string of the molecule is COCCCn1c(C)cc(C(=O)COC(=O)c2cncc(Br)c2)c1C. The van der Waals surface area contributed by atoms with Crippen LogP contribution in [0.2, 0.25) is 0 Å². The van der Waals surface area contributed by atoms with Crippen LogP contribution in [0.25, 0.3) is 0 Å². The summed E-state index contributed by atoms with van der Waals surface area (Å²) in [4.78, 5) is 28.3. The molecule has 2 heterocycles. The van der Waals surface area contributed by atoms with Crippen LogP contribution in [0.4, 0.5) is 0 Å². The quantitative estimate of drug-likeness (QED) is 0.380. The Labute approximate surface area is 155 Å². The second-order valence-corrected chi connectivity index (χ2v) is 6.59. The smallest absolute Gasteiger partial charge is 0.340 e. The average molecular weight is 409 g/mol. The van der Waals surface area contributed by atoms with Crippen LogP contribution in [-0.4, -0.2) is 41.6 Å². The summed E-state index contributed by atoms with van der Waals surface area (Å²) in [5, 5.41) is 0. The molecule has 0 amide bonds. The summed E-state index contributed by atoms with van der Waals surface area (Å²) in [6, 6.07) is 3.43. The fourth-order valence-corrected chi connectivity index (χ4v) is 2.98. The summed E-state index contributed by atoms with van der Waals surface area (Å²) in [7, 11) is 1.67. The maximum Gasteiger partial charge on any atom is 0.340 e. The Morgan fingerprint density at radius 1 is 1.24 bits per heavy atom. The highest BCUT2D eigenvalue weighted by molar-refractivity contribution is 9.10. The summed E-state index contributed by atoms with van der Waals surface area (Å²) < 4.78 is 12.9. The molecule has 0 fully saturated rings. The number of pyridine rings is 1. The van der Waals surface area contributed by atoms with E-state index in [2.05, 4.69) is 25.5 Å². The molecule has 0 radical (unpaired) electrons. The Bertz CT molecular complexity index is 770. The normalized spacial score (nSPS) is 10.7. The summed E-state index contributed by atoms with van der Waals surface area (Å²) >= 11 is 3.24. The molecule has 2 aromatic heterocycles. The van der Waals surface area contributed by atoms with Crippen molar-refractivity contribution in [3.8, 4) is 0 Å². The molecule has 134 valence electrons. The Morgan fingerprint density at radius 3 is 2.68 bits per heavy atom. The van der Waals surface area contributed by atoms with Crippen LogP contribution in [0.5, 0.6) is 0 Å². The van der Waals surface area contributed by atoms with Crippen LogP contribution in [-0.2, 0) is 16.0 Å². The molecule has 0 aromatic carbocycles. The van der Waals surface area contributed by atoms with Crippen LogP contribution in [0.3, 0.4) is 0 Å². The molecule has 25 heavy (non-hydrogen) atoms. The van der Waals surface area contributed by atoms with Crippen molar-refractivity contribution in [3.05, 3.63) is 51.5 Å². The number of esters is 1. The number of halogens is 1. The molecular weight excluding hydrogens is 388 g/mol. The van der Waals surface area contributed by atoms with Crippen molar-refractivity contribution in [3.63, 3.8) is 0 Å². The predicted molar refractivity (Wildman–Crippen MR) is 96.9 cm³/mol. The zero-order chi connectivity index (χ0) is 18.4. The third-order valence-corrected chi connectivity index (χ3v) is 4.31. The maximum atomic E-state index is 12.4. The minimum absolute atomic E-state index is 0.220. The van der Waals surface area contributed by atoms with E-state index in [0.29, 0.717) is 22.2 Å². The Hall–Kier alpha value is -1.99. The van der Waals surface area contributed by atoms with Gasteiger partial charge < -0.3 is 14.0 Å². The number of aryl methyl sites for hydroxylation is 1. The van der Waals surface area contributed by atoms with Gasteiger partial charge in [0.15, 0.2) is 6.61 Å². The highest BCUT2D eigenvalue weighted by atomic mass is 79.9. The Balaban J connectivity index is 2.01. The molecule has 0 bridgehead atoms. The van der Waals surface area contributed by atoms with E-state index in [-0.39, 0.29) is 12.4 Å². The molecule has 0 aliphatic rings. The van der Waals surface area contributed by atoms with Crippen molar-refractivity contribution in [1.29, 1.82) is 0 Å². The van der Waals surface area contributed by atoms with Crippen molar-refractivity contribution in [1.82, 2.24) is 9.55 Å². The summed E-state index contributed by atoms with van der Waals surface area (Å²) in [5.74, 6) is -0.793. The predicted octanol–water partition coefficient (Wildman–Crippen LogP) is 3.34. The van der Waals surface area contributed by atoms with Gasteiger partial charge in [-0.1, -0.05) is 0 Å². The van der Waals surface area contributed by atoms with Crippen molar-refractivity contribution >= 4 is 27.7 Å². The first-order valence-corrected chi connectivity index (χ1v) is 8.70. The molecule has 0 N–H and O–H groups in total. The number of carbonyl (C=O) groups is 2. The van der Waals surface area contributed by atoms with Crippen LogP contribution in [0.15, 0.2) is 29.0 Å². The largest absolute Gasteiger partial charge is 0.454 e. The second-order valence-electron chi connectivity index (χ2n) is 5.67. The molecule has 6 nitrogen and oxygen atoms in total. The first-order valence-electron chi connectivity index (χ1n) is 7.90. The molecule has 2 aromatic rings. The van der Waals surface area contributed by atoms with Gasteiger partial charge in [0.25, 0.3) is 0 Å². The van der Waals surface area contributed by atoms with Crippen molar-refractivity contribution in [2.75, 3.05) is 20.3 Å². The molecule has 0 aliphatic heterocycles. The van der Waals surface area contributed by atoms with Gasteiger partial charge in [0.1, 0.15) is 0 Å². The lowest BCUT2D eigenvalue weighted by molar-refractivity contribution is 0.0474. The van der Waals surface area contributed by atoms with E-state index in [1.807, 2.05) is 19.9 Å². The highest BCUT2D eigenvalue weighted by Gasteiger charge is 2.18. The molecule has 7 heteroatoms. The van der Waals surface area contributed by atoms with E-state index >= 15 is 0 Å². The summed E-state index contributed by atoms with van der Waals surface area (Å²) in [6.07, 6.45) is 3.84. The number of ketones is 1. The molecule has 0 saturated carbocycles. The molecule has 0 saturated heterocycles. The lowest BCUT2D eigenvalue weighted by Gasteiger charge is -2.09. The van der Waals surface area contributed by atoms with Gasteiger partial charge in [-0.2, -0.15) is 0 Å². The standard InChI is InChI=1S/C18H21BrN2O4/c1-12-7-16(13(2)21(12)5-4-6-24-3)17(22)11-25-18(23)14-8-15(19)10-20-9-14/h7-10H,4-6,11H2,1-3H3. The number of rotatable bonds is 8. The van der Waals surface area contributed by atoms with E-state index in [4.69, 9.17) is 9.47 Å². The molecule has 0 atom stereocenters. The average Bonchev–Trinajstić information content (AvgIpc) is 2.87. The van der Waals surface area contributed by atoms with E-state index in [1.165, 1.54) is 6.20 Å². The third kappa shape index (κ3) is 4.99. The number of hydrogen-bond acceptors (Lipinski definition) is 5. The van der Waals surface area contributed by atoms with Gasteiger partial charge in [-0.25, -0.2) is 4.79 Å². The van der Waals surface area contributed by atoms with Crippen LogP contribution < -0.4 is 0 Å². The van der Waals surface area contributed by atoms with Gasteiger partial charge >= 0.3 is 5.97 Å². The number of aromatic nitrogens is 2. The number of methoxy groups -OCH3 is 1. The number of Topliss-reactive ketones (excluding diaryl/α,β-unsaturated/α-hetero) is 1. The van der Waals surface area contributed by atoms with Gasteiger partial charge in [-0.3, -0.25) is 9.78 Å². The zero-order valence-electron chi connectivity index (χ0n) is 14.5. The van der Waals surface area contributed by atoms with Gasteiger partial charge in [0, 0.05) is 54.1 Å². The van der Waals surface area contributed by atoms with Gasteiger partial charge in [0.2, 0.25) is 5.78 Å². The van der Waals surface area contributed by atoms with Crippen molar-refractivity contribution in [2.24, 2.45) is 0 Å². The van der Waals surface area contributed by atoms with Gasteiger partial charge in [-0.05, 0) is 48.3 Å². The van der Waals surface area contributed by atoms with Crippen molar-refractivity contribution in [2.45, 2.75) is 26.8 Å². The third-order valence-electron chi connectivity index (χ3n) is 3.88. The minimum atomic E-state index is -0.573. The Kier molecular flexibility index (Phi) is 6.90. The molecule has 0 unspecified atom stereocenters. The van der Waals surface area contributed by atoms with Crippen LogP contribution in [0.1, 0.15) is 38.5 Å². The minimum Gasteiger partial charge on any atom is -0.454 e. The topological polar surface area (TPSA) is 70.4 Å². The molecule has 0 aliphatic carbocycles. The lowest BCUT2D eigenvalue weighted by Crippen LogP contribution is -2.15. The monoisotopic (exact) mass is 408 g/mol. The first-order chi connectivity index (χ1) is 11.9. The lowest BCUT2D eigenvalue weighted by atomic mass is 10.1. The van der Waals surface area contributed by atoms with E-state index < -0.39 is 5.97 Å². The number of carbonyl (C=O) groups excluding carboxylic acids is 2. The van der Waals surface area contributed by atoms with Crippen molar-refractivity contribution < 1.29 is 19.1 Å². The summed E-state index contributed by atoms with van der Waals surface area (Å²) in [6.45, 7) is 5.00. The fraction of sp³-hybridized carbons (Fsp3) is 0.389. The number of hydrogen-bond donors (Lipinski definition) is 0. The number of nitrogens with zero attached hydrogens (tertiary/aromatic N) is 2. The van der Waals surface area contributed by atoms with E-state index in [1.54, 1.807) is 19.4 Å². The molecule has 2 rings (SSSR count). The van der Waals surface area contributed by atoms with E-state index in [9.17, 15) is 9.59 Å². The fourth-order valence-electron chi connectivity index (χ4n) is 2.61.